The summed E-state index contributed by atoms with van der Waals surface area (Å²) in [5, 5.41) is 48.6. The molecule has 116 valence electrons. The lowest BCUT2D eigenvalue weighted by Crippen LogP contribution is -2.60. The first-order valence-corrected chi connectivity index (χ1v) is 6.15. The fraction of sp³-hybridized carbons (Fsp3) is 0.500. The van der Waals surface area contributed by atoms with Gasteiger partial charge >= 0.3 is 0 Å². The van der Waals surface area contributed by atoms with Crippen LogP contribution in [0.25, 0.3) is 0 Å². The number of nitro benzene ring substituents is 1. The Morgan fingerprint density at radius 2 is 1.76 bits per heavy atom. The maximum Gasteiger partial charge on any atom is 0.269 e. The van der Waals surface area contributed by atoms with Crippen molar-refractivity contribution in [2.45, 2.75) is 30.7 Å². The molecule has 3 unspecified atom stereocenters. The predicted octanol–water partition coefficient (Wildman–Crippen LogP) is -1.23. The van der Waals surface area contributed by atoms with Crippen molar-refractivity contribution >= 4 is 5.69 Å². The van der Waals surface area contributed by atoms with E-state index < -0.39 is 42.2 Å². The summed E-state index contributed by atoms with van der Waals surface area (Å²) in [4.78, 5) is 9.95. The second kappa shape index (κ2) is 6.33. The van der Waals surface area contributed by atoms with E-state index in [0.29, 0.717) is 0 Å². The summed E-state index contributed by atoms with van der Waals surface area (Å²) in [6, 6.07) is 5.03. The van der Waals surface area contributed by atoms with E-state index in [4.69, 9.17) is 14.6 Å². The lowest BCUT2D eigenvalue weighted by Gasteiger charge is -2.39. The lowest BCUT2D eigenvalue weighted by molar-refractivity contribution is -0.384. The van der Waals surface area contributed by atoms with Gasteiger partial charge in [0.05, 0.1) is 11.5 Å². The van der Waals surface area contributed by atoms with Crippen LogP contribution in [0.2, 0.25) is 0 Å². The maximum atomic E-state index is 10.5. The molecule has 5 atom stereocenters. The van der Waals surface area contributed by atoms with Crippen LogP contribution in [0.3, 0.4) is 0 Å². The van der Waals surface area contributed by atoms with Crippen LogP contribution in [0.1, 0.15) is 0 Å². The van der Waals surface area contributed by atoms with Crippen molar-refractivity contribution in [1.82, 2.24) is 0 Å². The number of aliphatic hydroxyl groups excluding tert-OH is 4. The van der Waals surface area contributed by atoms with Crippen LogP contribution >= 0.6 is 0 Å². The highest BCUT2D eigenvalue weighted by atomic mass is 16.7. The van der Waals surface area contributed by atoms with Gasteiger partial charge in [-0.2, -0.15) is 0 Å². The second-order valence-electron chi connectivity index (χ2n) is 4.57. The molecule has 0 bridgehead atoms. The predicted molar refractivity (Wildman–Crippen MR) is 67.5 cm³/mol. The molecule has 1 aliphatic heterocycles. The third-order valence-electron chi connectivity index (χ3n) is 3.15. The van der Waals surface area contributed by atoms with E-state index in [0.717, 1.165) is 0 Å². The van der Waals surface area contributed by atoms with Crippen molar-refractivity contribution < 1.29 is 34.8 Å². The molecule has 21 heavy (non-hydrogen) atoms. The third kappa shape index (κ3) is 3.28. The fourth-order valence-corrected chi connectivity index (χ4v) is 1.95. The van der Waals surface area contributed by atoms with Gasteiger partial charge in [-0.25, -0.2) is 0 Å². The van der Waals surface area contributed by atoms with E-state index in [-0.39, 0.29) is 11.4 Å². The van der Waals surface area contributed by atoms with Gasteiger partial charge in [-0.3, -0.25) is 10.1 Å². The van der Waals surface area contributed by atoms with Crippen molar-refractivity contribution in [2.24, 2.45) is 0 Å². The maximum absolute atomic E-state index is 10.5. The molecule has 1 aromatic rings. The molecule has 0 aromatic heterocycles. The summed E-state index contributed by atoms with van der Waals surface area (Å²) in [5.41, 5.74) is -0.129. The minimum atomic E-state index is -1.54. The highest BCUT2D eigenvalue weighted by Gasteiger charge is 2.44. The quantitative estimate of drug-likeness (QED) is 0.400. The molecule has 9 nitrogen and oxygen atoms in total. The van der Waals surface area contributed by atoms with Gasteiger partial charge in [-0.1, -0.05) is 0 Å². The topological polar surface area (TPSA) is 143 Å². The number of nitrogens with zero attached hydrogens (tertiary/aromatic N) is 1. The largest absolute Gasteiger partial charge is 0.462 e. The Morgan fingerprint density at radius 3 is 2.29 bits per heavy atom. The lowest BCUT2D eigenvalue weighted by atomic mass is 9.99. The molecule has 1 saturated heterocycles. The molecule has 0 aliphatic carbocycles. The normalized spacial score (nSPS) is 32.7. The first kappa shape index (κ1) is 15.6. The van der Waals surface area contributed by atoms with Crippen LogP contribution in [0, 0.1) is 10.1 Å². The standard InChI is InChI=1S/C12H15NO8/c14-5-8-9(15)10(16)11(17)12(21-8)20-7-3-1-6(2-4-7)13(18)19/h1-4,8-12,14-17H,5H2/t8?,9-,10?,11?,12+/m0/s1. The Balaban J connectivity index is 2.08. The molecule has 1 heterocycles. The summed E-state index contributed by atoms with van der Waals surface area (Å²) < 4.78 is 10.4. The van der Waals surface area contributed by atoms with Gasteiger partial charge < -0.3 is 29.9 Å². The number of hydrogen-bond acceptors (Lipinski definition) is 8. The van der Waals surface area contributed by atoms with E-state index in [2.05, 4.69) is 0 Å². The minimum absolute atomic E-state index is 0.129. The van der Waals surface area contributed by atoms with Gasteiger partial charge in [-0.05, 0) is 12.1 Å². The number of benzene rings is 1. The van der Waals surface area contributed by atoms with Gasteiger partial charge in [0.25, 0.3) is 5.69 Å². The summed E-state index contributed by atoms with van der Waals surface area (Å²) >= 11 is 0. The molecule has 0 radical (unpaired) electrons. The Morgan fingerprint density at radius 1 is 1.14 bits per heavy atom. The summed E-state index contributed by atoms with van der Waals surface area (Å²) in [5.74, 6) is 0.171. The number of aliphatic hydroxyl groups is 4. The molecular formula is C12H15NO8. The molecule has 1 aromatic carbocycles. The monoisotopic (exact) mass is 301 g/mol. The van der Waals surface area contributed by atoms with E-state index in [1.807, 2.05) is 0 Å². The summed E-state index contributed by atoms with van der Waals surface area (Å²) in [6.07, 6.45) is -6.94. The Labute approximate surface area is 119 Å². The van der Waals surface area contributed by atoms with E-state index in [1.165, 1.54) is 24.3 Å². The molecule has 0 spiro atoms. The molecule has 1 fully saturated rings. The van der Waals surface area contributed by atoms with Gasteiger partial charge in [0.15, 0.2) is 0 Å². The van der Waals surface area contributed by atoms with Gasteiger partial charge in [-0.15, -0.1) is 0 Å². The zero-order valence-electron chi connectivity index (χ0n) is 10.8. The molecule has 4 N–H and O–H groups in total. The summed E-state index contributed by atoms with van der Waals surface area (Å²) in [6.45, 7) is -0.564. The number of nitro groups is 1. The second-order valence-corrected chi connectivity index (χ2v) is 4.57. The number of rotatable bonds is 4. The van der Waals surface area contributed by atoms with E-state index >= 15 is 0 Å². The molecule has 1 aliphatic rings. The molecule has 9 heteroatoms. The van der Waals surface area contributed by atoms with Crippen molar-refractivity contribution in [2.75, 3.05) is 6.61 Å². The van der Waals surface area contributed by atoms with Crippen LogP contribution in [0.5, 0.6) is 5.75 Å². The fourth-order valence-electron chi connectivity index (χ4n) is 1.95. The van der Waals surface area contributed by atoms with Crippen LogP contribution in [0.4, 0.5) is 5.69 Å². The van der Waals surface area contributed by atoms with E-state index in [9.17, 15) is 25.4 Å². The Hall–Kier alpha value is -1.78. The van der Waals surface area contributed by atoms with Crippen LogP contribution < -0.4 is 4.74 Å². The number of ether oxygens (including phenoxy) is 2. The average molecular weight is 301 g/mol. The SMILES string of the molecule is O=[N+]([O-])c1ccc(O[C@@H]2OC(CO)[C@H](O)C(O)C2O)cc1. The molecule has 2 rings (SSSR count). The Kier molecular flexibility index (Phi) is 4.70. The van der Waals surface area contributed by atoms with Gasteiger partial charge in [0.1, 0.15) is 30.2 Å². The zero-order valence-corrected chi connectivity index (χ0v) is 10.8. The minimum Gasteiger partial charge on any atom is -0.462 e. The van der Waals surface area contributed by atoms with Crippen molar-refractivity contribution in [3.63, 3.8) is 0 Å². The molecular weight excluding hydrogens is 286 g/mol. The average Bonchev–Trinajstić information content (AvgIpc) is 2.48. The molecule has 0 saturated carbocycles. The Bertz CT molecular complexity index is 491. The van der Waals surface area contributed by atoms with Gasteiger partial charge in [0.2, 0.25) is 6.29 Å². The van der Waals surface area contributed by atoms with Crippen LogP contribution in [-0.2, 0) is 4.74 Å². The van der Waals surface area contributed by atoms with Crippen molar-refractivity contribution in [1.29, 1.82) is 0 Å². The summed E-state index contributed by atoms with van der Waals surface area (Å²) in [7, 11) is 0. The van der Waals surface area contributed by atoms with E-state index in [1.54, 1.807) is 0 Å². The van der Waals surface area contributed by atoms with Gasteiger partial charge in [0, 0.05) is 12.1 Å². The number of hydrogen-bond donors (Lipinski definition) is 4. The first-order valence-electron chi connectivity index (χ1n) is 6.15. The molecule has 0 amide bonds. The van der Waals surface area contributed by atoms with Crippen molar-refractivity contribution in [3.8, 4) is 5.75 Å². The third-order valence-corrected chi connectivity index (χ3v) is 3.15. The zero-order chi connectivity index (χ0) is 15.6. The van der Waals surface area contributed by atoms with Crippen molar-refractivity contribution in [3.05, 3.63) is 34.4 Å². The first-order chi connectivity index (χ1) is 9.93. The van der Waals surface area contributed by atoms with Crippen LogP contribution in [0.15, 0.2) is 24.3 Å². The highest BCUT2D eigenvalue weighted by Crippen LogP contribution is 2.25. The smallest absolute Gasteiger partial charge is 0.269 e. The highest BCUT2D eigenvalue weighted by molar-refractivity contribution is 5.36. The number of non-ortho nitro benzene ring substituents is 1. The van der Waals surface area contributed by atoms with Crippen LogP contribution in [-0.4, -0.2) is 62.7 Å².